The van der Waals surface area contributed by atoms with Crippen molar-refractivity contribution in [2.24, 2.45) is 0 Å². The van der Waals surface area contributed by atoms with E-state index in [1.54, 1.807) is 25.1 Å². The molecule has 0 bridgehead atoms. The van der Waals surface area contributed by atoms with E-state index >= 15 is 0 Å². The van der Waals surface area contributed by atoms with Crippen molar-refractivity contribution in [1.29, 1.82) is 0 Å². The zero-order chi connectivity index (χ0) is 16.4. The second kappa shape index (κ2) is 6.04. The van der Waals surface area contributed by atoms with Crippen LogP contribution in [0.15, 0.2) is 48.7 Å². The number of esters is 1. The van der Waals surface area contributed by atoms with Gasteiger partial charge in [-0.1, -0.05) is 24.3 Å². The molecule has 0 aliphatic heterocycles. The van der Waals surface area contributed by atoms with E-state index in [0.29, 0.717) is 5.56 Å². The van der Waals surface area contributed by atoms with Crippen LogP contribution in [0.4, 0.5) is 0 Å². The van der Waals surface area contributed by atoms with Gasteiger partial charge in [-0.25, -0.2) is 9.78 Å². The molecule has 0 saturated heterocycles. The fourth-order valence-corrected chi connectivity index (χ4v) is 2.56. The van der Waals surface area contributed by atoms with Crippen LogP contribution >= 0.6 is 0 Å². The molecule has 5 heteroatoms. The summed E-state index contributed by atoms with van der Waals surface area (Å²) in [5.74, 6) is -0.840. The molecule has 2 aromatic heterocycles. The first-order chi connectivity index (χ1) is 11.1. The summed E-state index contributed by atoms with van der Waals surface area (Å²) in [7, 11) is 0. The molecule has 0 saturated carbocycles. The number of nitrogens with one attached hydrogen (secondary N) is 1. The lowest BCUT2D eigenvalue weighted by molar-refractivity contribution is 0.0313. The Balaban J connectivity index is 1.85. The molecule has 5 nitrogen and oxygen atoms in total. The Labute approximate surface area is 133 Å². The molecule has 0 unspecified atom stereocenters. The SMILES string of the molecule is Cc1[nH]c2ccccc2c1C(=O)[C@@H](C)OC(=O)c1ccccn1. The number of para-hydroxylation sites is 1. The van der Waals surface area contributed by atoms with Gasteiger partial charge in [-0.05, 0) is 32.0 Å². The molecular formula is C18H16N2O3. The van der Waals surface area contributed by atoms with E-state index in [1.807, 2.05) is 31.2 Å². The molecule has 3 rings (SSSR count). The highest BCUT2D eigenvalue weighted by Crippen LogP contribution is 2.24. The zero-order valence-corrected chi connectivity index (χ0v) is 12.9. The van der Waals surface area contributed by atoms with Crippen molar-refractivity contribution in [3.8, 4) is 0 Å². The average molecular weight is 308 g/mol. The predicted octanol–water partition coefficient (Wildman–Crippen LogP) is 3.30. The van der Waals surface area contributed by atoms with Crippen molar-refractivity contribution in [3.05, 3.63) is 65.6 Å². The highest BCUT2D eigenvalue weighted by atomic mass is 16.5. The molecule has 1 N–H and O–H groups in total. The third kappa shape index (κ3) is 2.85. The number of carbonyl (C=O) groups is 2. The van der Waals surface area contributed by atoms with Gasteiger partial charge in [0.05, 0.1) is 0 Å². The Hall–Kier alpha value is -2.95. The van der Waals surface area contributed by atoms with Gasteiger partial charge in [0.15, 0.2) is 6.10 Å². The molecule has 116 valence electrons. The number of hydrogen-bond acceptors (Lipinski definition) is 4. The minimum Gasteiger partial charge on any atom is -0.450 e. The smallest absolute Gasteiger partial charge is 0.357 e. The summed E-state index contributed by atoms with van der Waals surface area (Å²) in [6.45, 7) is 3.41. The van der Waals surface area contributed by atoms with Crippen LogP contribution < -0.4 is 0 Å². The number of carbonyl (C=O) groups excluding carboxylic acids is 2. The summed E-state index contributed by atoms with van der Waals surface area (Å²) >= 11 is 0. The highest BCUT2D eigenvalue weighted by Gasteiger charge is 2.25. The minimum absolute atomic E-state index is 0.183. The van der Waals surface area contributed by atoms with Gasteiger partial charge >= 0.3 is 5.97 Å². The normalized spacial score (nSPS) is 12.1. The Bertz CT molecular complexity index is 868. The maximum atomic E-state index is 12.7. The van der Waals surface area contributed by atoms with E-state index in [0.717, 1.165) is 16.6 Å². The van der Waals surface area contributed by atoms with E-state index in [9.17, 15) is 9.59 Å². The monoisotopic (exact) mass is 308 g/mol. The number of hydrogen-bond donors (Lipinski definition) is 1. The molecule has 1 atom stereocenters. The molecular weight excluding hydrogens is 292 g/mol. The third-order valence-electron chi connectivity index (χ3n) is 3.67. The summed E-state index contributed by atoms with van der Waals surface area (Å²) in [5, 5.41) is 0.829. The number of rotatable bonds is 4. The van der Waals surface area contributed by atoms with E-state index in [-0.39, 0.29) is 11.5 Å². The first-order valence-electron chi connectivity index (χ1n) is 7.31. The first-order valence-corrected chi connectivity index (χ1v) is 7.31. The number of nitrogens with zero attached hydrogens (tertiary/aromatic N) is 1. The van der Waals surface area contributed by atoms with Crippen LogP contribution in [0, 0.1) is 6.92 Å². The number of ether oxygens (including phenoxy) is 1. The van der Waals surface area contributed by atoms with Gasteiger partial charge in [0.25, 0.3) is 0 Å². The quantitative estimate of drug-likeness (QED) is 0.593. The number of Topliss-reactive ketones (excluding diaryl/α,β-unsaturated/α-hetero) is 1. The van der Waals surface area contributed by atoms with E-state index in [2.05, 4.69) is 9.97 Å². The molecule has 3 aromatic rings. The molecule has 0 radical (unpaired) electrons. The summed E-state index contributed by atoms with van der Waals surface area (Å²) in [4.78, 5) is 31.8. The van der Waals surface area contributed by atoms with Gasteiger partial charge in [-0.15, -0.1) is 0 Å². The van der Waals surface area contributed by atoms with Crippen LogP contribution in [-0.2, 0) is 4.74 Å². The Kier molecular flexibility index (Phi) is 3.93. The molecule has 1 aromatic carbocycles. The van der Waals surface area contributed by atoms with E-state index < -0.39 is 12.1 Å². The number of aromatic amines is 1. The van der Waals surface area contributed by atoms with Gasteiger partial charge in [0, 0.05) is 28.4 Å². The Morgan fingerprint density at radius 2 is 1.87 bits per heavy atom. The fourth-order valence-electron chi connectivity index (χ4n) is 2.56. The van der Waals surface area contributed by atoms with Crippen molar-refractivity contribution < 1.29 is 14.3 Å². The van der Waals surface area contributed by atoms with Crippen molar-refractivity contribution in [3.63, 3.8) is 0 Å². The van der Waals surface area contributed by atoms with Gasteiger partial charge in [0.2, 0.25) is 5.78 Å². The standard InChI is InChI=1S/C18H16N2O3/c1-11-16(13-7-3-4-8-14(13)20-11)17(21)12(2)23-18(22)15-9-5-6-10-19-15/h3-10,12,20H,1-2H3/t12-/m1/s1. The summed E-state index contributed by atoms with van der Waals surface area (Å²) in [5.41, 5.74) is 2.39. The largest absolute Gasteiger partial charge is 0.450 e. The topological polar surface area (TPSA) is 72.1 Å². The lowest BCUT2D eigenvalue weighted by atomic mass is 10.0. The summed E-state index contributed by atoms with van der Waals surface area (Å²) in [6.07, 6.45) is 0.620. The zero-order valence-electron chi connectivity index (χ0n) is 12.9. The van der Waals surface area contributed by atoms with Crippen molar-refractivity contribution >= 4 is 22.7 Å². The first kappa shape index (κ1) is 15.0. The molecule has 0 spiro atoms. The van der Waals surface area contributed by atoms with E-state index in [4.69, 9.17) is 4.74 Å². The van der Waals surface area contributed by atoms with E-state index in [1.165, 1.54) is 6.20 Å². The van der Waals surface area contributed by atoms with Crippen molar-refractivity contribution in [2.45, 2.75) is 20.0 Å². The average Bonchev–Trinajstić information content (AvgIpc) is 2.90. The lowest BCUT2D eigenvalue weighted by Crippen LogP contribution is -2.25. The molecule has 0 aliphatic rings. The number of H-pyrrole nitrogens is 1. The summed E-state index contributed by atoms with van der Waals surface area (Å²) in [6, 6.07) is 12.5. The predicted molar refractivity (Wildman–Crippen MR) is 86.5 cm³/mol. The maximum Gasteiger partial charge on any atom is 0.357 e. The number of aryl methyl sites for hydroxylation is 1. The Morgan fingerprint density at radius 3 is 2.61 bits per heavy atom. The highest BCUT2D eigenvalue weighted by molar-refractivity contribution is 6.11. The van der Waals surface area contributed by atoms with Gasteiger partial charge in [0.1, 0.15) is 5.69 Å². The van der Waals surface area contributed by atoms with Gasteiger partial charge in [-0.2, -0.15) is 0 Å². The number of fused-ring (bicyclic) bond motifs is 1. The van der Waals surface area contributed by atoms with Crippen molar-refractivity contribution in [2.75, 3.05) is 0 Å². The van der Waals surface area contributed by atoms with Gasteiger partial charge < -0.3 is 9.72 Å². The van der Waals surface area contributed by atoms with Gasteiger partial charge in [-0.3, -0.25) is 4.79 Å². The fraction of sp³-hybridized carbons (Fsp3) is 0.167. The lowest BCUT2D eigenvalue weighted by Gasteiger charge is -2.12. The van der Waals surface area contributed by atoms with Crippen molar-refractivity contribution in [1.82, 2.24) is 9.97 Å². The van der Waals surface area contributed by atoms with Crippen LogP contribution in [-0.4, -0.2) is 27.8 Å². The molecule has 2 heterocycles. The van der Waals surface area contributed by atoms with Crippen LogP contribution in [0.25, 0.3) is 10.9 Å². The second-order valence-electron chi connectivity index (χ2n) is 5.30. The number of aromatic nitrogens is 2. The Morgan fingerprint density at radius 1 is 1.13 bits per heavy atom. The minimum atomic E-state index is -0.887. The number of ketones is 1. The van der Waals surface area contributed by atoms with Crippen LogP contribution in [0.1, 0.15) is 33.5 Å². The maximum absolute atomic E-state index is 12.7. The number of benzene rings is 1. The van der Waals surface area contributed by atoms with Crippen LogP contribution in [0.3, 0.4) is 0 Å². The molecule has 0 amide bonds. The molecule has 23 heavy (non-hydrogen) atoms. The molecule has 0 fully saturated rings. The number of pyridine rings is 1. The van der Waals surface area contributed by atoms with Crippen LogP contribution in [0.5, 0.6) is 0 Å². The summed E-state index contributed by atoms with van der Waals surface area (Å²) < 4.78 is 5.26. The third-order valence-corrected chi connectivity index (χ3v) is 3.67. The van der Waals surface area contributed by atoms with Crippen LogP contribution in [0.2, 0.25) is 0 Å². The molecule has 0 aliphatic carbocycles. The second-order valence-corrected chi connectivity index (χ2v) is 5.30.